The molecule has 0 saturated carbocycles. The normalized spacial score (nSPS) is 17.9. The Morgan fingerprint density at radius 1 is 1.23 bits per heavy atom. The number of aromatic nitrogens is 6. The Balaban J connectivity index is 1.67. The molecule has 0 aromatic carbocycles. The van der Waals surface area contributed by atoms with Gasteiger partial charge in [0.1, 0.15) is 16.9 Å². The van der Waals surface area contributed by atoms with E-state index in [1.165, 1.54) is 22.2 Å². The second-order valence-corrected chi connectivity index (χ2v) is 9.40. The van der Waals surface area contributed by atoms with E-state index in [0.29, 0.717) is 11.2 Å². The lowest BCUT2D eigenvalue weighted by Gasteiger charge is -2.33. The summed E-state index contributed by atoms with van der Waals surface area (Å²) in [7, 11) is 1.90. The van der Waals surface area contributed by atoms with E-state index in [2.05, 4.69) is 36.0 Å². The first-order valence-corrected chi connectivity index (χ1v) is 9.87. The van der Waals surface area contributed by atoms with Gasteiger partial charge in [-0.05, 0) is 42.2 Å². The van der Waals surface area contributed by atoms with E-state index >= 15 is 0 Å². The lowest BCUT2D eigenvalue weighted by molar-refractivity contribution is 0.218. The number of rotatable bonds is 1. The molecule has 5 rings (SSSR count). The fourth-order valence-corrected chi connectivity index (χ4v) is 5.22. The maximum absolute atomic E-state index is 4.82. The molecule has 4 aromatic rings. The molecule has 0 unspecified atom stereocenters. The zero-order valence-corrected chi connectivity index (χ0v) is 16.3. The van der Waals surface area contributed by atoms with Crippen molar-refractivity contribution in [1.29, 1.82) is 0 Å². The van der Waals surface area contributed by atoms with Gasteiger partial charge in [0.15, 0.2) is 5.65 Å². The zero-order valence-electron chi connectivity index (χ0n) is 15.5. The molecular weight excluding hydrogens is 344 g/mol. The van der Waals surface area contributed by atoms with Crippen molar-refractivity contribution in [2.24, 2.45) is 18.4 Å². The highest BCUT2D eigenvalue weighted by molar-refractivity contribution is 7.19. The Hall–Kier alpha value is -2.28. The van der Waals surface area contributed by atoms with Crippen LogP contribution in [0.4, 0.5) is 0 Å². The summed E-state index contributed by atoms with van der Waals surface area (Å²) in [4.78, 5) is 12.0. The molecule has 0 radical (unpaired) electrons. The molecule has 1 aliphatic rings. The number of fused-ring (bicyclic) bond motifs is 5. The minimum Gasteiger partial charge on any atom is -0.275 e. The quantitative estimate of drug-likeness (QED) is 0.513. The summed E-state index contributed by atoms with van der Waals surface area (Å²) in [6.45, 7) is 7.05. The number of hydrogen-bond donors (Lipinski definition) is 0. The standard InChI is InChI=1S/C19H22N6S/c1-19(2,3)11-5-6-12-14(9-11)26-18-15(12)17-21-16(23-25(17)10-20-18)13-7-8-24(4)22-13/h7-8,10-11H,5-6,9H2,1-4H3/t11-/m1/s1. The van der Waals surface area contributed by atoms with Gasteiger partial charge in [-0.25, -0.2) is 14.5 Å². The molecule has 1 atom stereocenters. The first-order chi connectivity index (χ1) is 12.4. The van der Waals surface area contributed by atoms with Crippen molar-refractivity contribution in [3.8, 4) is 11.5 Å². The number of hydrogen-bond acceptors (Lipinski definition) is 5. The third-order valence-electron chi connectivity index (χ3n) is 5.55. The van der Waals surface area contributed by atoms with Crippen LogP contribution in [0.2, 0.25) is 0 Å². The summed E-state index contributed by atoms with van der Waals surface area (Å²) in [6.07, 6.45) is 7.16. The van der Waals surface area contributed by atoms with E-state index in [1.807, 2.05) is 30.6 Å². The molecule has 0 spiro atoms. The highest BCUT2D eigenvalue weighted by atomic mass is 32.1. The molecule has 0 saturated heterocycles. The monoisotopic (exact) mass is 366 g/mol. The van der Waals surface area contributed by atoms with Gasteiger partial charge >= 0.3 is 0 Å². The second kappa shape index (κ2) is 5.36. The van der Waals surface area contributed by atoms with Crippen molar-refractivity contribution in [3.05, 3.63) is 29.0 Å². The van der Waals surface area contributed by atoms with Gasteiger partial charge < -0.3 is 0 Å². The maximum Gasteiger partial charge on any atom is 0.202 e. The Labute approximate surface area is 155 Å². The van der Waals surface area contributed by atoms with Crippen molar-refractivity contribution >= 4 is 27.2 Å². The van der Waals surface area contributed by atoms with Gasteiger partial charge in [-0.1, -0.05) is 20.8 Å². The van der Waals surface area contributed by atoms with E-state index in [-0.39, 0.29) is 0 Å². The van der Waals surface area contributed by atoms with Gasteiger partial charge in [-0.2, -0.15) is 5.10 Å². The van der Waals surface area contributed by atoms with Crippen molar-refractivity contribution in [2.75, 3.05) is 0 Å². The molecule has 26 heavy (non-hydrogen) atoms. The molecule has 0 bridgehead atoms. The van der Waals surface area contributed by atoms with E-state index in [1.54, 1.807) is 15.5 Å². The third kappa shape index (κ3) is 2.37. The molecule has 7 heteroatoms. The molecular formula is C19H22N6S. The van der Waals surface area contributed by atoms with Crippen molar-refractivity contribution in [1.82, 2.24) is 29.4 Å². The van der Waals surface area contributed by atoms with Crippen LogP contribution in [0, 0.1) is 11.3 Å². The lowest BCUT2D eigenvalue weighted by Crippen LogP contribution is -2.26. The van der Waals surface area contributed by atoms with Crippen LogP contribution in [0.1, 0.15) is 37.6 Å². The smallest absolute Gasteiger partial charge is 0.202 e. The van der Waals surface area contributed by atoms with E-state index in [9.17, 15) is 0 Å². The Morgan fingerprint density at radius 3 is 2.81 bits per heavy atom. The van der Waals surface area contributed by atoms with Gasteiger partial charge in [-0.15, -0.1) is 16.4 Å². The highest BCUT2D eigenvalue weighted by Gasteiger charge is 2.31. The van der Waals surface area contributed by atoms with Gasteiger partial charge in [0.05, 0.1) is 5.39 Å². The molecule has 6 nitrogen and oxygen atoms in total. The largest absolute Gasteiger partial charge is 0.275 e. The van der Waals surface area contributed by atoms with E-state index in [0.717, 1.165) is 34.9 Å². The molecule has 0 amide bonds. The average Bonchev–Trinajstić information content (AvgIpc) is 3.27. The maximum atomic E-state index is 4.82. The number of aryl methyl sites for hydroxylation is 2. The van der Waals surface area contributed by atoms with Crippen LogP contribution in [0.3, 0.4) is 0 Å². The second-order valence-electron chi connectivity index (χ2n) is 8.31. The number of thiophene rings is 1. The molecule has 0 N–H and O–H groups in total. The lowest BCUT2D eigenvalue weighted by atomic mass is 9.72. The summed E-state index contributed by atoms with van der Waals surface area (Å²) in [5.74, 6) is 1.38. The van der Waals surface area contributed by atoms with Gasteiger partial charge in [-0.3, -0.25) is 4.68 Å². The Kier molecular flexibility index (Phi) is 3.28. The zero-order chi connectivity index (χ0) is 18.1. The summed E-state index contributed by atoms with van der Waals surface area (Å²) in [6, 6.07) is 1.94. The molecule has 134 valence electrons. The van der Waals surface area contributed by atoms with Gasteiger partial charge in [0.25, 0.3) is 0 Å². The fourth-order valence-electron chi connectivity index (χ4n) is 3.96. The van der Waals surface area contributed by atoms with E-state index < -0.39 is 0 Å². The topological polar surface area (TPSA) is 60.9 Å². The van der Waals surface area contributed by atoms with Gasteiger partial charge in [0, 0.05) is 18.1 Å². The molecule has 0 fully saturated rings. The average molecular weight is 366 g/mol. The molecule has 4 heterocycles. The van der Waals surface area contributed by atoms with Gasteiger partial charge in [0.2, 0.25) is 5.82 Å². The molecule has 4 aromatic heterocycles. The van der Waals surface area contributed by atoms with Crippen LogP contribution in [0.5, 0.6) is 0 Å². The molecule has 1 aliphatic carbocycles. The first kappa shape index (κ1) is 15.9. The minimum atomic E-state index is 0.345. The summed E-state index contributed by atoms with van der Waals surface area (Å²) in [5.41, 5.74) is 3.48. The van der Waals surface area contributed by atoms with Crippen LogP contribution in [0.15, 0.2) is 18.6 Å². The van der Waals surface area contributed by atoms with E-state index in [4.69, 9.17) is 4.98 Å². The van der Waals surface area contributed by atoms with Crippen LogP contribution in [0.25, 0.3) is 27.4 Å². The Bertz CT molecular complexity index is 1130. The van der Waals surface area contributed by atoms with Crippen LogP contribution >= 0.6 is 11.3 Å². The number of nitrogens with zero attached hydrogens (tertiary/aromatic N) is 6. The predicted octanol–water partition coefficient (Wildman–Crippen LogP) is 3.89. The van der Waals surface area contributed by atoms with Crippen LogP contribution in [-0.2, 0) is 19.9 Å². The molecule has 0 aliphatic heterocycles. The predicted molar refractivity (Wildman–Crippen MR) is 103 cm³/mol. The fraction of sp³-hybridized carbons (Fsp3) is 0.474. The van der Waals surface area contributed by atoms with Crippen molar-refractivity contribution in [2.45, 2.75) is 40.0 Å². The third-order valence-corrected chi connectivity index (χ3v) is 6.72. The summed E-state index contributed by atoms with van der Waals surface area (Å²) >= 11 is 1.83. The summed E-state index contributed by atoms with van der Waals surface area (Å²) in [5, 5.41) is 10.2. The SMILES string of the molecule is Cn1ccc(-c2nc3c4c5c(sc4ncn3n2)C[C@H](C(C)(C)C)CC5)n1. The Morgan fingerprint density at radius 2 is 2.08 bits per heavy atom. The first-order valence-electron chi connectivity index (χ1n) is 9.06. The van der Waals surface area contributed by atoms with Crippen molar-refractivity contribution in [3.63, 3.8) is 0 Å². The van der Waals surface area contributed by atoms with Crippen molar-refractivity contribution < 1.29 is 0 Å². The van der Waals surface area contributed by atoms with Crippen LogP contribution in [-0.4, -0.2) is 29.4 Å². The summed E-state index contributed by atoms with van der Waals surface area (Å²) < 4.78 is 3.57. The minimum absolute atomic E-state index is 0.345. The van der Waals surface area contributed by atoms with Crippen LogP contribution < -0.4 is 0 Å². The highest BCUT2D eigenvalue weighted by Crippen LogP contribution is 2.43.